The Kier molecular flexibility index (Phi) is 4.80. The van der Waals surface area contributed by atoms with Gasteiger partial charge in [-0.3, -0.25) is 0 Å². The van der Waals surface area contributed by atoms with Gasteiger partial charge in [-0.15, -0.1) is 0 Å². The van der Waals surface area contributed by atoms with Crippen LogP contribution < -0.4 is 10.6 Å². The molecule has 130 valence electrons. The van der Waals surface area contributed by atoms with Crippen molar-refractivity contribution in [3.8, 4) is 0 Å². The predicted octanol–water partition coefficient (Wildman–Crippen LogP) is 2.75. The average molecular weight is 349 g/mol. The van der Waals surface area contributed by atoms with Gasteiger partial charge >= 0.3 is 6.03 Å². The summed E-state index contributed by atoms with van der Waals surface area (Å²) in [5.74, 6) is 0.228. The van der Waals surface area contributed by atoms with Gasteiger partial charge in [0.25, 0.3) is 0 Å². The van der Waals surface area contributed by atoms with E-state index < -0.39 is 15.1 Å². The van der Waals surface area contributed by atoms with Crippen molar-refractivity contribution in [3.05, 3.63) is 30.5 Å². The number of carbonyl (C=O) groups excluding carboxylic acids is 1. The van der Waals surface area contributed by atoms with Crippen molar-refractivity contribution in [2.24, 2.45) is 0 Å². The van der Waals surface area contributed by atoms with Gasteiger partial charge in [0.05, 0.1) is 16.5 Å². The van der Waals surface area contributed by atoms with E-state index in [-0.39, 0.29) is 18.3 Å². The molecule has 1 unspecified atom stereocenters. The zero-order chi connectivity index (χ0) is 17.2. The number of aryl methyl sites for hydroxylation is 1. The molecule has 1 aliphatic heterocycles. The summed E-state index contributed by atoms with van der Waals surface area (Å²) >= 11 is 0. The number of sulfone groups is 1. The normalized spacial score (nSPS) is 19.5. The predicted molar refractivity (Wildman–Crippen MR) is 96.1 cm³/mol. The molecule has 6 nitrogen and oxygen atoms in total. The first kappa shape index (κ1) is 16.8. The van der Waals surface area contributed by atoms with Crippen LogP contribution in [0.2, 0.25) is 0 Å². The van der Waals surface area contributed by atoms with Crippen molar-refractivity contribution < 1.29 is 13.2 Å². The molecule has 24 heavy (non-hydrogen) atoms. The number of amides is 2. The third-order valence-corrected chi connectivity index (χ3v) is 6.73. The monoisotopic (exact) mass is 349 g/mol. The number of rotatable bonds is 5. The van der Waals surface area contributed by atoms with Crippen molar-refractivity contribution in [2.45, 2.75) is 38.0 Å². The first-order valence-electron chi connectivity index (χ1n) is 8.35. The first-order valence-corrected chi connectivity index (χ1v) is 10.1. The molecule has 1 aliphatic rings. The number of nitrogens with one attached hydrogen (secondary N) is 2. The summed E-state index contributed by atoms with van der Waals surface area (Å²) in [6.07, 6.45) is 4.39. The molecule has 0 radical (unpaired) electrons. The Morgan fingerprint density at radius 1 is 1.33 bits per heavy atom. The molecule has 1 atom stereocenters. The fourth-order valence-electron chi connectivity index (χ4n) is 3.17. The summed E-state index contributed by atoms with van der Waals surface area (Å²) in [6.45, 7) is 3.22. The van der Waals surface area contributed by atoms with Gasteiger partial charge in [0.15, 0.2) is 9.84 Å². The Morgan fingerprint density at radius 2 is 2.17 bits per heavy atom. The summed E-state index contributed by atoms with van der Waals surface area (Å²) in [4.78, 5) is 12.0. The van der Waals surface area contributed by atoms with Crippen molar-refractivity contribution in [2.75, 3.05) is 17.6 Å². The maximum atomic E-state index is 12.0. The van der Waals surface area contributed by atoms with Crippen LogP contribution in [0.1, 0.15) is 26.2 Å². The first-order chi connectivity index (χ1) is 11.5. The highest BCUT2D eigenvalue weighted by atomic mass is 32.2. The van der Waals surface area contributed by atoms with Crippen LogP contribution in [-0.4, -0.2) is 36.6 Å². The van der Waals surface area contributed by atoms with Gasteiger partial charge in [0.1, 0.15) is 0 Å². The molecule has 2 amide bonds. The van der Waals surface area contributed by atoms with E-state index in [1.807, 2.05) is 24.4 Å². The van der Waals surface area contributed by atoms with Crippen LogP contribution in [0.3, 0.4) is 0 Å². The highest BCUT2D eigenvalue weighted by molar-refractivity contribution is 7.92. The molecule has 1 aromatic carbocycles. The number of fused-ring (bicyclic) bond motifs is 1. The molecular weight excluding hydrogens is 326 g/mol. The van der Waals surface area contributed by atoms with Gasteiger partial charge in [-0.1, -0.05) is 13.0 Å². The van der Waals surface area contributed by atoms with Gasteiger partial charge in [-0.25, -0.2) is 13.2 Å². The van der Waals surface area contributed by atoms with E-state index in [1.54, 1.807) is 0 Å². The number of carbonyl (C=O) groups is 1. The second-order valence-electron chi connectivity index (χ2n) is 6.25. The van der Waals surface area contributed by atoms with Gasteiger partial charge < -0.3 is 15.2 Å². The largest absolute Gasteiger partial charge is 0.347 e. The third kappa shape index (κ3) is 3.56. The van der Waals surface area contributed by atoms with Crippen LogP contribution in [0.5, 0.6) is 0 Å². The van der Waals surface area contributed by atoms with E-state index in [2.05, 4.69) is 28.2 Å². The van der Waals surface area contributed by atoms with Gasteiger partial charge in [0, 0.05) is 25.0 Å². The average Bonchev–Trinajstić information content (AvgIpc) is 3.08. The minimum Gasteiger partial charge on any atom is -0.347 e. The minimum atomic E-state index is -3.03. The second kappa shape index (κ2) is 6.84. The number of urea groups is 1. The topological polar surface area (TPSA) is 80.2 Å². The zero-order valence-corrected chi connectivity index (χ0v) is 14.6. The van der Waals surface area contributed by atoms with Crippen LogP contribution in [-0.2, 0) is 16.4 Å². The summed E-state index contributed by atoms with van der Waals surface area (Å²) in [6, 6.07) is 7.45. The molecular formula is C17H23N3O3S. The molecule has 0 aliphatic carbocycles. The Balaban J connectivity index is 1.63. The second-order valence-corrected chi connectivity index (χ2v) is 8.65. The quantitative estimate of drug-likeness (QED) is 0.871. The van der Waals surface area contributed by atoms with E-state index in [1.165, 1.54) is 0 Å². The lowest BCUT2D eigenvalue weighted by atomic mass is 10.2. The third-order valence-electron chi connectivity index (χ3n) is 4.45. The molecule has 0 spiro atoms. The highest BCUT2D eigenvalue weighted by Crippen LogP contribution is 2.21. The summed E-state index contributed by atoms with van der Waals surface area (Å²) in [5.41, 5.74) is 1.78. The lowest BCUT2D eigenvalue weighted by molar-refractivity contribution is 0.252. The van der Waals surface area contributed by atoms with Gasteiger partial charge in [-0.05, 0) is 42.8 Å². The van der Waals surface area contributed by atoms with Crippen LogP contribution in [0.15, 0.2) is 30.5 Å². The Bertz CT molecular complexity index is 842. The van der Waals surface area contributed by atoms with Crippen LogP contribution in [0.4, 0.5) is 10.5 Å². The van der Waals surface area contributed by atoms with Crippen molar-refractivity contribution in [3.63, 3.8) is 0 Å². The van der Waals surface area contributed by atoms with E-state index in [0.29, 0.717) is 18.5 Å². The highest BCUT2D eigenvalue weighted by Gasteiger charge is 2.31. The molecule has 7 heteroatoms. The fourth-order valence-corrected chi connectivity index (χ4v) is 4.93. The van der Waals surface area contributed by atoms with Crippen molar-refractivity contribution >= 4 is 32.5 Å². The molecule has 2 aromatic rings. The number of hydrogen-bond donors (Lipinski definition) is 2. The molecule has 3 rings (SSSR count). The lowest BCUT2D eigenvalue weighted by Gasteiger charge is -2.12. The van der Waals surface area contributed by atoms with Crippen molar-refractivity contribution in [1.82, 2.24) is 9.88 Å². The molecule has 2 heterocycles. The summed E-state index contributed by atoms with van der Waals surface area (Å²) in [5, 5.41) is 6.14. The molecule has 1 saturated heterocycles. The minimum absolute atomic E-state index is 0.169. The number of anilines is 1. The lowest BCUT2D eigenvalue weighted by Crippen LogP contribution is -2.37. The molecule has 1 fully saturated rings. The zero-order valence-electron chi connectivity index (χ0n) is 13.8. The van der Waals surface area contributed by atoms with E-state index in [9.17, 15) is 13.2 Å². The summed E-state index contributed by atoms with van der Waals surface area (Å²) < 4.78 is 25.7. The fraction of sp³-hybridized carbons (Fsp3) is 0.471. The maximum absolute atomic E-state index is 12.0. The Hall–Kier alpha value is -2.02. The molecule has 1 aromatic heterocycles. The van der Waals surface area contributed by atoms with Crippen LogP contribution in [0.25, 0.3) is 10.9 Å². The molecule has 2 N–H and O–H groups in total. The van der Waals surface area contributed by atoms with Crippen molar-refractivity contribution in [1.29, 1.82) is 0 Å². The van der Waals surface area contributed by atoms with Crippen LogP contribution in [0, 0.1) is 0 Å². The van der Waals surface area contributed by atoms with E-state index >= 15 is 0 Å². The van der Waals surface area contributed by atoms with E-state index in [4.69, 9.17) is 0 Å². The van der Waals surface area contributed by atoms with Gasteiger partial charge in [-0.2, -0.15) is 0 Å². The number of benzene rings is 1. The maximum Gasteiger partial charge on any atom is 0.319 e. The molecule has 0 saturated carbocycles. The molecule has 0 bridgehead atoms. The standard InChI is InChI=1S/C17H23N3O3S/c1-2-8-20-9-7-13-5-6-14(11-16(13)20)19-17(21)18-12-15-4-3-10-24(15,22)23/h5-7,9,11,15H,2-4,8,10,12H2,1H3,(H2,18,19,21). The Labute approximate surface area is 142 Å². The van der Waals surface area contributed by atoms with E-state index in [0.717, 1.165) is 23.9 Å². The SMILES string of the molecule is CCCn1ccc2ccc(NC(=O)NCC3CCCS3(=O)=O)cc21. The van der Waals surface area contributed by atoms with Crippen LogP contribution >= 0.6 is 0 Å². The number of hydrogen-bond acceptors (Lipinski definition) is 3. The Morgan fingerprint density at radius 3 is 2.88 bits per heavy atom. The number of aromatic nitrogens is 1. The van der Waals surface area contributed by atoms with Gasteiger partial charge in [0.2, 0.25) is 0 Å². The summed E-state index contributed by atoms with van der Waals surface area (Å²) in [7, 11) is -3.03. The smallest absolute Gasteiger partial charge is 0.319 e. The number of nitrogens with zero attached hydrogens (tertiary/aromatic N) is 1.